The van der Waals surface area contributed by atoms with Gasteiger partial charge in [0, 0.05) is 12.6 Å². The lowest BCUT2D eigenvalue weighted by molar-refractivity contribution is 0.341. The highest BCUT2D eigenvalue weighted by atomic mass is 32.2. The van der Waals surface area contributed by atoms with Crippen LogP contribution in [0, 0.1) is 0 Å². The average Bonchev–Trinajstić information content (AvgIpc) is 2.50. The fourth-order valence-electron chi connectivity index (χ4n) is 2.34. The molecule has 1 N–H and O–H groups in total. The summed E-state index contributed by atoms with van der Waals surface area (Å²) >= 11 is 0. The van der Waals surface area contributed by atoms with E-state index in [1.54, 1.807) is 4.31 Å². The van der Waals surface area contributed by atoms with Crippen LogP contribution in [0.3, 0.4) is 0 Å². The highest BCUT2D eigenvalue weighted by Crippen LogP contribution is 2.20. The molecule has 0 aromatic rings. The van der Waals surface area contributed by atoms with Gasteiger partial charge in [-0.3, -0.25) is 0 Å². The van der Waals surface area contributed by atoms with E-state index in [4.69, 9.17) is 0 Å². The maximum atomic E-state index is 12.2. The van der Waals surface area contributed by atoms with Gasteiger partial charge >= 0.3 is 0 Å². The Morgan fingerprint density at radius 3 is 2.76 bits per heavy atom. The Morgan fingerprint density at radius 1 is 1.29 bits per heavy atom. The number of rotatable bonds is 6. The minimum Gasteiger partial charge on any atom is -0.317 e. The van der Waals surface area contributed by atoms with Crippen LogP contribution in [-0.2, 0) is 10.0 Å². The van der Waals surface area contributed by atoms with Crippen molar-refractivity contribution in [3.63, 3.8) is 0 Å². The molecule has 1 heterocycles. The van der Waals surface area contributed by atoms with Gasteiger partial charge in [0.05, 0.1) is 5.75 Å². The summed E-state index contributed by atoms with van der Waals surface area (Å²) in [6, 6.07) is 0.182. The van der Waals surface area contributed by atoms with Crippen LogP contribution in [0.2, 0.25) is 0 Å². The molecule has 102 valence electrons. The third-order valence-corrected chi connectivity index (χ3v) is 5.42. The van der Waals surface area contributed by atoms with Crippen LogP contribution in [0.25, 0.3) is 0 Å². The summed E-state index contributed by atoms with van der Waals surface area (Å²) in [7, 11) is -3.04. The summed E-state index contributed by atoms with van der Waals surface area (Å²) in [6.07, 6.45) is 5.04. The standard InChI is InChI=1S/C12H26N2O2S/c1-3-13-9-7-11-17(15,16)14-10-6-4-5-8-12(14)2/h12-13H,3-11H2,1-2H3. The first-order valence-corrected chi connectivity index (χ1v) is 8.39. The van der Waals surface area contributed by atoms with E-state index in [0.29, 0.717) is 13.0 Å². The van der Waals surface area contributed by atoms with Crippen molar-refractivity contribution in [3.05, 3.63) is 0 Å². The van der Waals surface area contributed by atoms with E-state index in [2.05, 4.69) is 5.32 Å². The van der Waals surface area contributed by atoms with Crippen molar-refractivity contribution in [2.45, 2.75) is 52.0 Å². The van der Waals surface area contributed by atoms with Gasteiger partial charge in [0.2, 0.25) is 10.0 Å². The molecule has 0 radical (unpaired) electrons. The average molecular weight is 262 g/mol. The lowest BCUT2D eigenvalue weighted by atomic mass is 10.1. The zero-order chi connectivity index (χ0) is 12.7. The highest BCUT2D eigenvalue weighted by molar-refractivity contribution is 7.89. The molecule has 4 nitrogen and oxygen atoms in total. The smallest absolute Gasteiger partial charge is 0.214 e. The van der Waals surface area contributed by atoms with Crippen LogP contribution >= 0.6 is 0 Å². The van der Waals surface area contributed by atoms with Crippen LogP contribution in [0.5, 0.6) is 0 Å². The predicted octanol–water partition coefficient (Wildman–Crippen LogP) is 1.58. The molecular weight excluding hydrogens is 236 g/mol. The lowest BCUT2D eigenvalue weighted by Gasteiger charge is -2.26. The lowest BCUT2D eigenvalue weighted by Crippen LogP contribution is -2.40. The largest absolute Gasteiger partial charge is 0.317 e. The molecule has 1 aliphatic heterocycles. The minimum atomic E-state index is -3.04. The predicted molar refractivity (Wildman–Crippen MR) is 71.6 cm³/mol. The van der Waals surface area contributed by atoms with Crippen molar-refractivity contribution in [2.24, 2.45) is 0 Å². The zero-order valence-electron chi connectivity index (χ0n) is 11.1. The van der Waals surface area contributed by atoms with Crippen molar-refractivity contribution in [3.8, 4) is 0 Å². The third-order valence-electron chi connectivity index (χ3n) is 3.36. The maximum Gasteiger partial charge on any atom is 0.214 e. The van der Waals surface area contributed by atoms with Crippen molar-refractivity contribution < 1.29 is 8.42 Å². The molecule has 0 aliphatic carbocycles. The molecule has 1 rings (SSSR count). The Bertz CT molecular complexity index is 304. The summed E-state index contributed by atoms with van der Waals surface area (Å²) in [5, 5.41) is 3.16. The Balaban J connectivity index is 2.49. The number of sulfonamides is 1. The molecule has 1 saturated heterocycles. The number of nitrogens with one attached hydrogen (secondary N) is 1. The fraction of sp³-hybridized carbons (Fsp3) is 1.00. The highest BCUT2D eigenvalue weighted by Gasteiger charge is 2.27. The molecule has 1 atom stereocenters. The number of nitrogens with zero attached hydrogens (tertiary/aromatic N) is 1. The zero-order valence-corrected chi connectivity index (χ0v) is 11.9. The topological polar surface area (TPSA) is 49.4 Å². The van der Waals surface area contributed by atoms with Gasteiger partial charge in [-0.2, -0.15) is 4.31 Å². The normalized spacial score (nSPS) is 23.5. The van der Waals surface area contributed by atoms with Crippen LogP contribution in [0.1, 0.15) is 46.0 Å². The third kappa shape index (κ3) is 4.94. The van der Waals surface area contributed by atoms with Gasteiger partial charge in [-0.1, -0.05) is 19.8 Å². The van der Waals surface area contributed by atoms with Gasteiger partial charge in [0.15, 0.2) is 0 Å². The van der Waals surface area contributed by atoms with Gasteiger partial charge in [0.1, 0.15) is 0 Å². The van der Waals surface area contributed by atoms with E-state index in [1.807, 2.05) is 13.8 Å². The first kappa shape index (κ1) is 14.9. The van der Waals surface area contributed by atoms with Crippen LogP contribution in [-0.4, -0.2) is 44.2 Å². The Labute approximate surface area is 106 Å². The van der Waals surface area contributed by atoms with E-state index in [-0.39, 0.29) is 11.8 Å². The molecule has 0 bridgehead atoms. The molecule has 0 aromatic carbocycles. The summed E-state index contributed by atoms with van der Waals surface area (Å²) in [4.78, 5) is 0. The molecule has 0 aromatic heterocycles. The molecule has 0 saturated carbocycles. The van der Waals surface area contributed by atoms with Crippen molar-refractivity contribution in [2.75, 3.05) is 25.4 Å². The molecule has 0 amide bonds. The van der Waals surface area contributed by atoms with E-state index >= 15 is 0 Å². The SMILES string of the molecule is CCNCCCS(=O)(=O)N1CCCCCC1C. The molecule has 1 aliphatic rings. The first-order valence-electron chi connectivity index (χ1n) is 6.78. The Kier molecular flexibility index (Phi) is 6.44. The summed E-state index contributed by atoms with van der Waals surface area (Å²) < 4.78 is 26.1. The maximum absolute atomic E-state index is 12.2. The van der Waals surface area contributed by atoms with E-state index in [1.165, 1.54) is 0 Å². The second-order valence-corrected chi connectivity index (χ2v) is 6.87. The van der Waals surface area contributed by atoms with Crippen molar-refractivity contribution >= 4 is 10.0 Å². The van der Waals surface area contributed by atoms with Crippen LogP contribution in [0.4, 0.5) is 0 Å². The van der Waals surface area contributed by atoms with Gasteiger partial charge in [0.25, 0.3) is 0 Å². The molecule has 5 heteroatoms. The summed E-state index contributed by atoms with van der Waals surface area (Å²) in [5.41, 5.74) is 0. The van der Waals surface area contributed by atoms with Crippen LogP contribution < -0.4 is 5.32 Å². The van der Waals surface area contributed by atoms with Crippen molar-refractivity contribution in [1.29, 1.82) is 0 Å². The first-order chi connectivity index (χ1) is 8.08. The van der Waals surface area contributed by atoms with Crippen LogP contribution in [0.15, 0.2) is 0 Å². The Hall–Kier alpha value is -0.130. The monoisotopic (exact) mass is 262 g/mol. The molecule has 17 heavy (non-hydrogen) atoms. The van der Waals surface area contributed by atoms with Gasteiger partial charge in [-0.15, -0.1) is 0 Å². The van der Waals surface area contributed by atoms with E-state index < -0.39 is 10.0 Å². The van der Waals surface area contributed by atoms with Gasteiger partial charge in [-0.25, -0.2) is 8.42 Å². The molecule has 1 unspecified atom stereocenters. The molecule has 0 spiro atoms. The number of hydrogen-bond acceptors (Lipinski definition) is 3. The fourth-order valence-corrected chi connectivity index (χ4v) is 4.14. The molecular formula is C12H26N2O2S. The second kappa shape index (κ2) is 7.34. The number of hydrogen-bond donors (Lipinski definition) is 1. The van der Waals surface area contributed by atoms with Gasteiger partial charge in [-0.05, 0) is 39.3 Å². The molecule has 1 fully saturated rings. The van der Waals surface area contributed by atoms with Crippen molar-refractivity contribution in [1.82, 2.24) is 9.62 Å². The van der Waals surface area contributed by atoms with E-state index in [9.17, 15) is 8.42 Å². The van der Waals surface area contributed by atoms with Gasteiger partial charge < -0.3 is 5.32 Å². The summed E-state index contributed by atoms with van der Waals surface area (Å²) in [5.74, 6) is 0.282. The quantitative estimate of drug-likeness (QED) is 0.739. The minimum absolute atomic E-state index is 0.182. The Morgan fingerprint density at radius 2 is 2.06 bits per heavy atom. The summed E-state index contributed by atoms with van der Waals surface area (Å²) in [6.45, 7) is 6.47. The second-order valence-electron chi connectivity index (χ2n) is 4.83. The van der Waals surface area contributed by atoms with E-state index in [0.717, 1.165) is 38.8 Å².